The maximum absolute atomic E-state index is 13.1. The number of tetrazole rings is 1. The van der Waals surface area contributed by atoms with Crippen LogP contribution in [-0.2, 0) is 5.54 Å². The van der Waals surface area contributed by atoms with Gasteiger partial charge in [0.25, 0.3) is 0 Å². The third kappa shape index (κ3) is 3.67. The summed E-state index contributed by atoms with van der Waals surface area (Å²) < 4.78 is 7.43. The van der Waals surface area contributed by atoms with Gasteiger partial charge in [0.05, 0.1) is 5.69 Å². The SMILES string of the molecule is Cc1ccccc1-n1nnnc1C1(N(C)C(=O)Oc2ccccc2)CCC(C)CC1. The van der Waals surface area contributed by atoms with Gasteiger partial charge in [-0.15, -0.1) is 5.10 Å². The van der Waals surface area contributed by atoms with Crippen molar-refractivity contribution in [3.63, 3.8) is 0 Å². The summed E-state index contributed by atoms with van der Waals surface area (Å²) in [6.45, 7) is 4.28. The topological polar surface area (TPSA) is 73.1 Å². The normalized spacial score (nSPS) is 21.2. The highest BCUT2D eigenvalue weighted by molar-refractivity contribution is 5.71. The first-order chi connectivity index (χ1) is 14.5. The van der Waals surface area contributed by atoms with E-state index in [0.717, 1.165) is 36.9 Å². The van der Waals surface area contributed by atoms with Crippen molar-refractivity contribution in [2.24, 2.45) is 5.92 Å². The number of para-hydroxylation sites is 2. The van der Waals surface area contributed by atoms with Gasteiger partial charge in [0.2, 0.25) is 0 Å². The molecular formula is C23H27N5O2. The molecule has 0 N–H and O–H groups in total. The quantitative estimate of drug-likeness (QED) is 0.639. The second-order valence-electron chi connectivity index (χ2n) is 8.15. The number of hydrogen-bond acceptors (Lipinski definition) is 5. The average Bonchev–Trinajstić information content (AvgIpc) is 3.25. The molecule has 1 fully saturated rings. The van der Waals surface area contributed by atoms with E-state index in [0.29, 0.717) is 17.5 Å². The van der Waals surface area contributed by atoms with Crippen LogP contribution in [0.25, 0.3) is 5.69 Å². The lowest BCUT2D eigenvalue weighted by molar-refractivity contribution is 0.0514. The number of ether oxygens (including phenoxy) is 1. The summed E-state index contributed by atoms with van der Waals surface area (Å²) >= 11 is 0. The molecule has 7 nitrogen and oxygen atoms in total. The van der Waals surface area contributed by atoms with E-state index in [1.165, 1.54) is 0 Å². The Morgan fingerprint density at radius 3 is 2.47 bits per heavy atom. The Kier molecular flexibility index (Phi) is 5.53. The van der Waals surface area contributed by atoms with Gasteiger partial charge in [-0.05, 0) is 72.7 Å². The highest BCUT2D eigenvalue weighted by Crippen LogP contribution is 2.43. The average molecular weight is 406 g/mol. The van der Waals surface area contributed by atoms with Crippen molar-refractivity contribution in [1.82, 2.24) is 25.1 Å². The van der Waals surface area contributed by atoms with Crippen molar-refractivity contribution >= 4 is 6.09 Å². The van der Waals surface area contributed by atoms with Gasteiger partial charge < -0.3 is 4.74 Å². The number of amides is 1. The fourth-order valence-corrected chi connectivity index (χ4v) is 4.22. The van der Waals surface area contributed by atoms with Gasteiger partial charge in [0, 0.05) is 7.05 Å². The highest BCUT2D eigenvalue weighted by atomic mass is 16.6. The van der Waals surface area contributed by atoms with Crippen LogP contribution in [0.5, 0.6) is 5.75 Å². The zero-order valence-corrected chi connectivity index (χ0v) is 17.7. The summed E-state index contributed by atoms with van der Waals surface area (Å²) in [5.41, 5.74) is 1.35. The summed E-state index contributed by atoms with van der Waals surface area (Å²) in [5, 5.41) is 12.7. The molecule has 0 saturated heterocycles. The van der Waals surface area contributed by atoms with Crippen LogP contribution in [-0.4, -0.2) is 38.2 Å². The van der Waals surface area contributed by atoms with E-state index in [1.54, 1.807) is 28.8 Å². The number of aryl methyl sites for hydroxylation is 1. The van der Waals surface area contributed by atoms with Crippen molar-refractivity contribution in [1.29, 1.82) is 0 Å². The molecule has 2 aromatic carbocycles. The molecule has 1 aliphatic rings. The molecule has 0 aliphatic heterocycles. The van der Waals surface area contributed by atoms with Crippen molar-refractivity contribution in [2.45, 2.75) is 45.1 Å². The second-order valence-corrected chi connectivity index (χ2v) is 8.15. The van der Waals surface area contributed by atoms with Gasteiger partial charge in [-0.1, -0.05) is 43.3 Å². The van der Waals surface area contributed by atoms with Crippen LogP contribution in [0.3, 0.4) is 0 Å². The number of benzene rings is 2. The summed E-state index contributed by atoms with van der Waals surface area (Å²) in [6.07, 6.45) is 3.13. The molecule has 0 unspecified atom stereocenters. The van der Waals surface area contributed by atoms with Gasteiger partial charge >= 0.3 is 6.09 Å². The summed E-state index contributed by atoms with van der Waals surface area (Å²) in [7, 11) is 1.79. The van der Waals surface area contributed by atoms with E-state index in [9.17, 15) is 4.79 Å². The molecule has 4 rings (SSSR count). The molecule has 0 atom stereocenters. The van der Waals surface area contributed by atoms with Crippen LogP contribution in [0.15, 0.2) is 54.6 Å². The minimum absolute atomic E-state index is 0.407. The first-order valence-corrected chi connectivity index (χ1v) is 10.4. The van der Waals surface area contributed by atoms with E-state index in [1.807, 2.05) is 49.4 Å². The molecule has 1 aliphatic carbocycles. The minimum Gasteiger partial charge on any atom is -0.410 e. The smallest absolute Gasteiger partial charge is 0.410 e. The number of carbonyl (C=O) groups is 1. The number of carbonyl (C=O) groups excluding carboxylic acids is 1. The third-order valence-electron chi connectivity index (χ3n) is 6.20. The second kappa shape index (κ2) is 8.26. The van der Waals surface area contributed by atoms with E-state index in [4.69, 9.17) is 4.74 Å². The largest absolute Gasteiger partial charge is 0.415 e. The molecule has 7 heteroatoms. The Bertz CT molecular complexity index is 1010. The Labute approximate surface area is 176 Å². The molecule has 0 spiro atoms. The summed E-state index contributed by atoms with van der Waals surface area (Å²) in [4.78, 5) is 14.8. The molecule has 0 radical (unpaired) electrons. The van der Waals surface area contributed by atoms with Crippen molar-refractivity contribution in [3.05, 3.63) is 66.0 Å². The van der Waals surface area contributed by atoms with E-state index >= 15 is 0 Å². The lowest BCUT2D eigenvalue weighted by atomic mass is 9.75. The Morgan fingerprint density at radius 2 is 1.77 bits per heavy atom. The maximum Gasteiger partial charge on any atom is 0.415 e. The molecule has 30 heavy (non-hydrogen) atoms. The fourth-order valence-electron chi connectivity index (χ4n) is 4.22. The Hall–Kier alpha value is -3.22. The van der Waals surface area contributed by atoms with Gasteiger partial charge in [0.15, 0.2) is 5.82 Å². The number of nitrogens with zero attached hydrogens (tertiary/aromatic N) is 5. The standard InChI is InChI=1S/C23H27N5O2/c1-17-13-15-23(16-14-17,27(3)22(29)30-19-10-5-4-6-11-19)21-24-25-26-28(21)20-12-8-7-9-18(20)2/h4-12,17H,13-16H2,1-3H3. The third-order valence-corrected chi connectivity index (χ3v) is 6.20. The van der Waals surface area contributed by atoms with Crippen molar-refractivity contribution < 1.29 is 9.53 Å². The van der Waals surface area contributed by atoms with Gasteiger partial charge in [-0.25, -0.2) is 4.79 Å². The molecule has 0 bridgehead atoms. The number of hydrogen-bond donors (Lipinski definition) is 0. The van der Waals surface area contributed by atoms with E-state index in [2.05, 4.69) is 22.4 Å². The van der Waals surface area contributed by atoms with Gasteiger partial charge in [0.1, 0.15) is 11.3 Å². The van der Waals surface area contributed by atoms with Crippen LogP contribution in [0.1, 0.15) is 44.0 Å². The van der Waals surface area contributed by atoms with Gasteiger partial charge in [-0.2, -0.15) is 4.68 Å². The molecule has 1 aromatic heterocycles. The maximum atomic E-state index is 13.1. The fraction of sp³-hybridized carbons (Fsp3) is 0.391. The van der Waals surface area contributed by atoms with Crippen molar-refractivity contribution in [2.75, 3.05) is 7.05 Å². The Morgan fingerprint density at radius 1 is 1.10 bits per heavy atom. The number of rotatable bonds is 4. The Balaban J connectivity index is 1.73. The zero-order valence-electron chi connectivity index (χ0n) is 17.7. The zero-order chi connectivity index (χ0) is 21.1. The van der Waals surface area contributed by atoms with Crippen LogP contribution in [0, 0.1) is 12.8 Å². The molecule has 3 aromatic rings. The van der Waals surface area contributed by atoms with Crippen LogP contribution >= 0.6 is 0 Å². The van der Waals surface area contributed by atoms with Crippen molar-refractivity contribution in [3.8, 4) is 11.4 Å². The first-order valence-electron chi connectivity index (χ1n) is 10.4. The molecular weight excluding hydrogens is 378 g/mol. The molecule has 1 saturated carbocycles. The van der Waals surface area contributed by atoms with E-state index in [-0.39, 0.29) is 0 Å². The monoisotopic (exact) mass is 405 g/mol. The molecule has 1 heterocycles. The van der Waals surface area contributed by atoms with Gasteiger partial charge in [-0.3, -0.25) is 4.90 Å². The minimum atomic E-state index is -0.635. The van der Waals surface area contributed by atoms with Crippen LogP contribution in [0.4, 0.5) is 4.79 Å². The first kappa shape index (κ1) is 20.1. The predicted molar refractivity (Wildman–Crippen MR) is 113 cm³/mol. The molecule has 1 amide bonds. The van der Waals surface area contributed by atoms with Crippen LogP contribution < -0.4 is 4.74 Å². The highest BCUT2D eigenvalue weighted by Gasteiger charge is 2.47. The van der Waals surface area contributed by atoms with Crippen LogP contribution in [0.2, 0.25) is 0 Å². The number of aromatic nitrogens is 4. The molecule has 156 valence electrons. The lowest BCUT2D eigenvalue weighted by Crippen LogP contribution is -2.51. The summed E-state index contributed by atoms with van der Waals surface area (Å²) in [5.74, 6) is 1.79. The van der Waals surface area contributed by atoms with E-state index < -0.39 is 11.6 Å². The predicted octanol–water partition coefficient (Wildman–Crippen LogP) is 4.51. The summed E-state index contributed by atoms with van der Waals surface area (Å²) in [6, 6.07) is 17.1. The lowest BCUT2D eigenvalue weighted by Gasteiger charge is -2.44.